The van der Waals surface area contributed by atoms with Gasteiger partial charge in [0, 0.05) is 25.7 Å². The van der Waals surface area contributed by atoms with Gasteiger partial charge in [-0.2, -0.15) is 0 Å². The highest BCUT2D eigenvalue weighted by molar-refractivity contribution is 7.47. The molecule has 0 saturated carbocycles. The van der Waals surface area contributed by atoms with Crippen LogP contribution in [-0.4, -0.2) is 96.7 Å². The van der Waals surface area contributed by atoms with Crippen molar-refractivity contribution in [2.45, 2.75) is 451 Å². The Bertz CT molecular complexity index is 1910. The van der Waals surface area contributed by atoms with Gasteiger partial charge in [-0.1, -0.05) is 381 Å². The highest BCUT2D eigenvalue weighted by Crippen LogP contribution is 2.45. The first-order valence-electron chi connectivity index (χ1n) is 42.2. The molecule has 0 saturated heterocycles. The summed E-state index contributed by atoms with van der Waals surface area (Å²) in [6.07, 6.45) is 65.6. The smallest absolute Gasteiger partial charge is 0.462 e. The van der Waals surface area contributed by atoms with Crippen molar-refractivity contribution in [1.29, 1.82) is 0 Å². The second-order valence-electron chi connectivity index (χ2n) is 29.4. The van der Waals surface area contributed by atoms with Gasteiger partial charge in [-0.25, -0.2) is 9.13 Å². The third-order valence-electron chi connectivity index (χ3n) is 19.4. The maximum atomic E-state index is 13.1. The van der Waals surface area contributed by atoms with E-state index < -0.39 is 97.5 Å². The van der Waals surface area contributed by atoms with Gasteiger partial charge >= 0.3 is 39.5 Å². The van der Waals surface area contributed by atoms with Crippen LogP contribution in [0.2, 0.25) is 0 Å². The van der Waals surface area contributed by atoms with Crippen LogP contribution in [0.1, 0.15) is 433 Å². The molecule has 0 heterocycles. The average molecular weight is 1470 g/mol. The first kappa shape index (κ1) is 98.1. The number of aliphatic hydroxyl groups excluding tert-OH is 1. The lowest BCUT2D eigenvalue weighted by Gasteiger charge is -2.21. The molecule has 0 spiro atoms. The van der Waals surface area contributed by atoms with Crippen molar-refractivity contribution in [3.63, 3.8) is 0 Å². The van der Waals surface area contributed by atoms with E-state index in [4.69, 9.17) is 37.0 Å². The number of phosphoric acid groups is 2. The monoisotopic (exact) mass is 1470 g/mol. The largest absolute Gasteiger partial charge is 0.472 e. The van der Waals surface area contributed by atoms with Gasteiger partial charge in [0.15, 0.2) is 12.2 Å². The molecule has 0 aliphatic rings. The third-order valence-corrected chi connectivity index (χ3v) is 21.3. The maximum absolute atomic E-state index is 13.1. The van der Waals surface area contributed by atoms with E-state index in [1.807, 2.05) is 0 Å². The Morgan fingerprint density at radius 2 is 0.480 bits per heavy atom. The lowest BCUT2D eigenvalue weighted by atomic mass is 10.00. The van der Waals surface area contributed by atoms with Crippen LogP contribution in [0.15, 0.2) is 0 Å². The van der Waals surface area contributed by atoms with Gasteiger partial charge in [0.2, 0.25) is 0 Å². The summed E-state index contributed by atoms with van der Waals surface area (Å²) in [6.45, 7) is 7.25. The van der Waals surface area contributed by atoms with Crippen LogP contribution in [0.25, 0.3) is 0 Å². The number of unbranched alkanes of at least 4 members (excludes halogenated alkanes) is 52. The number of hydrogen-bond acceptors (Lipinski definition) is 15. The van der Waals surface area contributed by atoms with Gasteiger partial charge in [-0.3, -0.25) is 37.3 Å². The van der Waals surface area contributed by atoms with Crippen molar-refractivity contribution in [3.8, 4) is 0 Å². The Morgan fingerprint density at radius 3 is 0.710 bits per heavy atom. The van der Waals surface area contributed by atoms with Gasteiger partial charge < -0.3 is 33.8 Å². The lowest BCUT2D eigenvalue weighted by molar-refractivity contribution is -0.161. The number of carbonyl (C=O) groups is 4. The Labute approximate surface area is 613 Å². The molecule has 3 unspecified atom stereocenters. The number of esters is 4. The van der Waals surface area contributed by atoms with Crippen molar-refractivity contribution in [2.75, 3.05) is 39.6 Å². The predicted molar refractivity (Wildman–Crippen MR) is 409 cm³/mol. The zero-order valence-electron chi connectivity index (χ0n) is 65.3. The number of aliphatic hydroxyl groups is 1. The second-order valence-corrected chi connectivity index (χ2v) is 32.3. The minimum absolute atomic E-state index is 0.103. The van der Waals surface area contributed by atoms with E-state index in [9.17, 15) is 43.2 Å². The average Bonchev–Trinajstić information content (AvgIpc) is 0.948. The summed E-state index contributed by atoms with van der Waals surface area (Å²) in [7, 11) is -9.91. The third kappa shape index (κ3) is 73.0. The van der Waals surface area contributed by atoms with Crippen LogP contribution in [0.4, 0.5) is 0 Å². The van der Waals surface area contributed by atoms with E-state index >= 15 is 0 Å². The summed E-state index contributed by atoms with van der Waals surface area (Å²) in [5.74, 6) is -1.39. The Balaban J connectivity index is 5.17. The van der Waals surface area contributed by atoms with E-state index in [1.54, 1.807) is 0 Å². The minimum atomic E-state index is -4.96. The molecular formula is C81H158O17P2. The summed E-state index contributed by atoms with van der Waals surface area (Å²) < 4.78 is 68.6. The van der Waals surface area contributed by atoms with Crippen LogP contribution >= 0.6 is 15.6 Å². The summed E-state index contributed by atoms with van der Waals surface area (Å²) in [6, 6.07) is 0. The molecule has 0 rings (SSSR count). The van der Waals surface area contributed by atoms with Crippen molar-refractivity contribution < 1.29 is 80.2 Å². The summed E-state index contributed by atoms with van der Waals surface area (Å²) in [4.78, 5) is 72.9. The molecule has 0 aromatic heterocycles. The molecular weight excluding hydrogens is 1310 g/mol. The molecule has 0 fully saturated rings. The number of phosphoric ester groups is 2. The maximum Gasteiger partial charge on any atom is 0.472 e. The van der Waals surface area contributed by atoms with Gasteiger partial charge in [0.05, 0.1) is 26.4 Å². The zero-order valence-corrected chi connectivity index (χ0v) is 67.1. The molecule has 0 aromatic rings. The van der Waals surface area contributed by atoms with E-state index in [2.05, 4.69) is 34.6 Å². The molecule has 0 aliphatic carbocycles. The molecule has 100 heavy (non-hydrogen) atoms. The molecule has 0 aliphatic heterocycles. The topological polar surface area (TPSA) is 237 Å². The number of hydrogen-bond donors (Lipinski definition) is 3. The molecule has 0 aromatic carbocycles. The van der Waals surface area contributed by atoms with Gasteiger partial charge in [0.1, 0.15) is 19.3 Å². The van der Waals surface area contributed by atoms with Crippen molar-refractivity contribution in [3.05, 3.63) is 0 Å². The van der Waals surface area contributed by atoms with Crippen LogP contribution < -0.4 is 0 Å². The highest BCUT2D eigenvalue weighted by Gasteiger charge is 2.30. The van der Waals surface area contributed by atoms with E-state index in [0.717, 1.165) is 95.8 Å². The van der Waals surface area contributed by atoms with Gasteiger partial charge in [-0.15, -0.1) is 0 Å². The first-order valence-corrected chi connectivity index (χ1v) is 45.2. The van der Waals surface area contributed by atoms with Crippen molar-refractivity contribution in [2.24, 2.45) is 5.92 Å². The molecule has 17 nitrogen and oxygen atoms in total. The number of ether oxygens (including phenoxy) is 4. The molecule has 594 valence electrons. The molecule has 0 amide bonds. The highest BCUT2D eigenvalue weighted by atomic mass is 31.2. The first-order chi connectivity index (χ1) is 48.6. The molecule has 0 radical (unpaired) electrons. The molecule has 3 N–H and O–H groups in total. The molecule has 0 bridgehead atoms. The number of carbonyl (C=O) groups excluding carboxylic acids is 4. The summed E-state index contributed by atoms with van der Waals surface area (Å²) >= 11 is 0. The Morgan fingerprint density at radius 1 is 0.280 bits per heavy atom. The standard InChI is InChI=1S/C81H158O17P2/c1-6-10-13-16-19-22-24-26-28-30-32-33-34-36-38-40-42-44-47-50-56-61-66-80(85)97-76(70-92-79(84)65-60-55-49-46-43-41-39-37-35-31-29-27-25-23-20-17-14-11-7-2)72-95-99(87,88)93-68-75(82)69-94-100(89,90)96-73-77(71-91-78(83)64-59-54-48-45-21-18-15-12-8-3)98-81(86)67-62-57-52-51-53-58-63-74(5)9-4/h74-77,82H,6-73H2,1-5H3,(H,87,88)(H,89,90)/t74?,75-,76-,77-/m1/s1. The normalized spacial score (nSPS) is 14.1. The zero-order chi connectivity index (χ0) is 73.4. The second kappa shape index (κ2) is 73.9. The Kier molecular flexibility index (Phi) is 72.5. The van der Waals surface area contributed by atoms with Crippen molar-refractivity contribution in [1.82, 2.24) is 0 Å². The van der Waals surface area contributed by atoms with E-state index in [-0.39, 0.29) is 25.7 Å². The lowest BCUT2D eigenvalue weighted by Crippen LogP contribution is -2.30. The Hall–Kier alpha value is -1.94. The summed E-state index contributed by atoms with van der Waals surface area (Å²) in [5.41, 5.74) is 0. The molecule has 6 atom stereocenters. The van der Waals surface area contributed by atoms with Crippen LogP contribution in [-0.2, 0) is 65.4 Å². The fourth-order valence-corrected chi connectivity index (χ4v) is 14.1. The summed E-state index contributed by atoms with van der Waals surface area (Å²) in [5, 5.41) is 10.6. The van der Waals surface area contributed by atoms with Gasteiger partial charge in [0.25, 0.3) is 0 Å². The van der Waals surface area contributed by atoms with Crippen LogP contribution in [0.3, 0.4) is 0 Å². The SMILES string of the molecule is CCCCCCCCCCCCCCCCCCCCCCCCC(=O)O[C@H](COC(=O)CCCCCCCCCCCCCCCCCCCCC)COP(=O)(O)OC[C@@H](O)COP(=O)(O)OC[C@@H](COC(=O)CCCCCCCCCCC)OC(=O)CCCCCCCCC(C)CC. The fourth-order valence-electron chi connectivity index (χ4n) is 12.6. The van der Waals surface area contributed by atoms with Crippen LogP contribution in [0, 0.1) is 5.92 Å². The predicted octanol–water partition coefficient (Wildman–Crippen LogP) is 24.4. The quantitative estimate of drug-likeness (QED) is 0.0222. The minimum Gasteiger partial charge on any atom is -0.462 e. The molecule has 19 heteroatoms. The van der Waals surface area contributed by atoms with E-state index in [1.165, 1.54) is 257 Å². The van der Waals surface area contributed by atoms with Crippen molar-refractivity contribution >= 4 is 39.5 Å². The van der Waals surface area contributed by atoms with Crippen LogP contribution in [0.5, 0.6) is 0 Å². The number of rotatable bonds is 81. The van der Waals surface area contributed by atoms with Gasteiger partial charge in [-0.05, 0) is 31.6 Å². The van der Waals surface area contributed by atoms with E-state index in [0.29, 0.717) is 25.7 Å². The fraction of sp³-hybridized carbons (Fsp3) is 0.951.